The van der Waals surface area contributed by atoms with E-state index in [0.717, 1.165) is 11.3 Å². The number of nitrogens with zero attached hydrogens (tertiary/aromatic N) is 1. The van der Waals surface area contributed by atoms with Crippen LogP contribution in [0.1, 0.15) is 52.7 Å². The normalized spacial score (nSPS) is 16.9. The molecule has 5 N–H and O–H groups in total. The molecule has 1 aromatic carbocycles. The Kier molecular flexibility index (Phi) is 4.81. The Morgan fingerprint density at radius 3 is 2.12 bits per heavy atom. The number of phenols is 1. The summed E-state index contributed by atoms with van der Waals surface area (Å²) in [6.07, 6.45) is 7.46. The zero-order chi connectivity index (χ0) is 18.1. The Balaban J connectivity index is 2.49. The van der Waals surface area contributed by atoms with Crippen LogP contribution in [0.15, 0.2) is 41.5 Å². The van der Waals surface area contributed by atoms with Crippen LogP contribution in [0.5, 0.6) is 5.75 Å². The predicted octanol–water partition coefficient (Wildman–Crippen LogP) is 1.86. The van der Waals surface area contributed by atoms with E-state index in [2.05, 4.69) is 52.7 Å². The minimum atomic E-state index is -0.153. The number of hydrogen-bond acceptors (Lipinski definition) is 2. The number of hydrogen-bond donors (Lipinski definition) is 3. The molecule has 4 nitrogen and oxygen atoms in total. The van der Waals surface area contributed by atoms with E-state index >= 15 is 0 Å². The smallest absolute Gasteiger partial charge is 0.228 e. The third-order valence-electron chi connectivity index (χ3n) is 4.09. The monoisotopic (exact) mass is 327 g/mol. The third-order valence-corrected chi connectivity index (χ3v) is 4.09. The average Bonchev–Trinajstić information content (AvgIpc) is 2.45. The molecule has 0 aromatic heterocycles. The molecule has 0 atom stereocenters. The molecule has 128 valence electrons. The molecule has 0 amide bonds. The van der Waals surface area contributed by atoms with E-state index < -0.39 is 0 Å². The van der Waals surface area contributed by atoms with Crippen molar-refractivity contribution in [3.05, 3.63) is 47.6 Å². The van der Waals surface area contributed by atoms with Crippen LogP contribution in [0, 0.1) is 0 Å². The molecule has 0 bridgehead atoms. The minimum absolute atomic E-state index is 0.0118. The van der Waals surface area contributed by atoms with Crippen molar-refractivity contribution < 1.29 is 15.9 Å². The summed E-state index contributed by atoms with van der Waals surface area (Å²) in [7, 11) is 0. The summed E-state index contributed by atoms with van der Waals surface area (Å²) < 4.78 is 0. The van der Waals surface area contributed by atoms with Crippen LogP contribution in [0.25, 0.3) is 0 Å². The predicted molar refractivity (Wildman–Crippen MR) is 99.7 cm³/mol. The van der Waals surface area contributed by atoms with Gasteiger partial charge in [0.05, 0.1) is 0 Å². The minimum Gasteiger partial charge on any atom is -0.502 e. The zero-order valence-corrected chi connectivity index (χ0v) is 15.5. The molecule has 0 aliphatic heterocycles. The molecular weight excluding hydrogens is 298 g/mol. The highest BCUT2D eigenvalue weighted by Gasteiger charge is 2.26. The number of phenolic OH excluding ortho intramolecular Hbond substituents is 1. The van der Waals surface area contributed by atoms with Gasteiger partial charge < -0.3 is 5.11 Å². The Labute approximate surface area is 144 Å². The fraction of sp³-hybridized carbons (Fsp3) is 0.400. The molecule has 1 aliphatic rings. The lowest BCUT2D eigenvalue weighted by Gasteiger charge is -2.26. The van der Waals surface area contributed by atoms with Gasteiger partial charge in [-0.3, -0.25) is 5.41 Å². The van der Waals surface area contributed by atoms with E-state index in [-0.39, 0.29) is 16.6 Å². The lowest BCUT2D eigenvalue weighted by molar-refractivity contribution is -0.577. The fourth-order valence-corrected chi connectivity index (χ4v) is 2.50. The molecule has 24 heavy (non-hydrogen) atoms. The maximum Gasteiger partial charge on any atom is 0.228 e. The van der Waals surface area contributed by atoms with Crippen LogP contribution in [-0.2, 0) is 10.8 Å². The van der Waals surface area contributed by atoms with Crippen molar-refractivity contribution in [3.8, 4) is 5.75 Å². The second-order valence-corrected chi connectivity index (χ2v) is 8.28. The van der Waals surface area contributed by atoms with Gasteiger partial charge in [0.25, 0.3) is 0 Å². The first-order chi connectivity index (χ1) is 11.0. The fourth-order valence-electron chi connectivity index (χ4n) is 2.50. The van der Waals surface area contributed by atoms with Crippen LogP contribution in [-0.4, -0.2) is 16.5 Å². The highest BCUT2D eigenvalue weighted by atomic mass is 16.3. The topological polar surface area (TPSA) is 74.8 Å². The van der Waals surface area contributed by atoms with Crippen molar-refractivity contribution in [2.75, 3.05) is 0 Å². The summed E-state index contributed by atoms with van der Waals surface area (Å²) in [5.74, 6) is 0.286. The lowest BCUT2D eigenvalue weighted by Crippen LogP contribution is -2.72. The first kappa shape index (κ1) is 18.1. The maximum absolute atomic E-state index is 10.7. The van der Waals surface area contributed by atoms with Crippen molar-refractivity contribution >= 4 is 17.1 Å². The third kappa shape index (κ3) is 4.01. The Hall–Kier alpha value is -2.20. The quantitative estimate of drug-likeness (QED) is 0.250. The standard InChI is InChI=1S/C20H27N3O/c1-19(2,3)13-11-14(20(4,5)6)18(24)17(12-13)23-22-16-10-8-7-9-15(16)21/h7-12,21,23-24H,1-6H3/p+2. The first-order valence-electron chi connectivity index (χ1n) is 8.26. The number of benzene rings is 1. The Bertz CT molecular complexity index is 741. The SMILES string of the molecule is CC(C)(C)c1cc([NH2+]N=C2C=CC=CC2=[NH2+])c(O)c(C(C)(C)C)c1. The van der Waals surface area contributed by atoms with Gasteiger partial charge in [0, 0.05) is 17.7 Å². The van der Waals surface area contributed by atoms with E-state index in [1.54, 1.807) is 5.43 Å². The van der Waals surface area contributed by atoms with Crippen molar-refractivity contribution in [2.24, 2.45) is 5.10 Å². The first-order valence-corrected chi connectivity index (χ1v) is 8.26. The van der Waals surface area contributed by atoms with Crippen molar-refractivity contribution in [3.63, 3.8) is 0 Å². The average molecular weight is 327 g/mol. The molecule has 1 aromatic rings. The van der Waals surface area contributed by atoms with Crippen LogP contribution >= 0.6 is 0 Å². The van der Waals surface area contributed by atoms with Gasteiger partial charge in [-0.15, -0.1) is 0 Å². The van der Waals surface area contributed by atoms with E-state index in [1.807, 2.05) is 30.4 Å². The van der Waals surface area contributed by atoms with Crippen LogP contribution in [0.3, 0.4) is 0 Å². The molecule has 1 aliphatic carbocycles. The molecule has 0 fully saturated rings. The van der Waals surface area contributed by atoms with Crippen LogP contribution in [0.2, 0.25) is 0 Å². The van der Waals surface area contributed by atoms with E-state index in [0.29, 0.717) is 11.4 Å². The largest absolute Gasteiger partial charge is 0.502 e. The molecule has 0 saturated heterocycles. The molecular formula is C20H29N3O+2. The zero-order valence-electron chi connectivity index (χ0n) is 15.5. The number of nitrogens with two attached hydrogens (primary N) is 2. The van der Waals surface area contributed by atoms with Crippen LogP contribution in [0.4, 0.5) is 5.69 Å². The van der Waals surface area contributed by atoms with E-state index in [1.165, 1.54) is 5.56 Å². The molecule has 0 unspecified atom stereocenters. The van der Waals surface area contributed by atoms with E-state index in [4.69, 9.17) is 5.41 Å². The van der Waals surface area contributed by atoms with Gasteiger partial charge in [-0.1, -0.05) is 64.9 Å². The molecule has 2 rings (SSSR count). The van der Waals surface area contributed by atoms with Gasteiger partial charge in [0.2, 0.25) is 5.71 Å². The van der Waals surface area contributed by atoms with Crippen LogP contribution < -0.4 is 10.8 Å². The number of aromatic hydroxyl groups is 1. The van der Waals surface area contributed by atoms with Gasteiger partial charge >= 0.3 is 0 Å². The molecule has 0 radical (unpaired) electrons. The molecule has 4 heteroatoms. The number of quaternary nitrogens is 1. The highest BCUT2D eigenvalue weighted by Crippen LogP contribution is 2.38. The van der Waals surface area contributed by atoms with Crippen molar-refractivity contribution in [2.45, 2.75) is 52.4 Å². The van der Waals surface area contributed by atoms with Crippen molar-refractivity contribution in [1.82, 2.24) is 0 Å². The maximum atomic E-state index is 10.7. The van der Waals surface area contributed by atoms with Gasteiger partial charge in [-0.25, -0.2) is 0 Å². The summed E-state index contributed by atoms with van der Waals surface area (Å²) in [6, 6.07) is 4.11. The van der Waals surface area contributed by atoms with Gasteiger partial charge in [0.1, 0.15) is 0 Å². The molecule has 0 saturated carbocycles. The Morgan fingerprint density at radius 2 is 1.58 bits per heavy atom. The second kappa shape index (κ2) is 6.36. The Morgan fingerprint density at radius 1 is 0.958 bits per heavy atom. The van der Waals surface area contributed by atoms with Crippen molar-refractivity contribution in [1.29, 1.82) is 0 Å². The lowest BCUT2D eigenvalue weighted by atomic mass is 9.80. The summed E-state index contributed by atoms with van der Waals surface area (Å²) in [4.78, 5) is 0. The summed E-state index contributed by atoms with van der Waals surface area (Å²) in [5.41, 5.74) is 5.68. The summed E-state index contributed by atoms with van der Waals surface area (Å²) in [5, 5.41) is 21.2. The number of allylic oxidation sites excluding steroid dienone is 4. The molecule has 0 heterocycles. The van der Waals surface area contributed by atoms with Gasteiger partial charge in [0.15, 0.2) is 17.1 Å². The number of rotatable bonds is 2. The highest BCUT2D eigenvalue weighted by molar-refractivity contribution is 6.48. The van der Waals surface area contributed by atoms with Gasteiger partial charge in [-0.2, -0.15) is 5.43 Å². The second-order valence-electron chi connectivity index (χ2n) is 8.28. The van der Waals surface area contributed by atoms with Gasteiger partial charge in [-0.05, 0) is 22.5 Å². The molecule has 0 spiro atoms. The summed E-state index contributed by atoms with van der Waals surface area (Å²) in [6.45, 7) is 12.8. The summed E-state index contributed by atoms with van der Waals surface area (Å²) >= 11 is 0. The van der Waals surface area contributed by atoms with E-state index in [9.17, 15) is 5.11 Å².